The Hall–Kier alpha value is -3.08. The van der Waals surface area contributed by atoms with Crippen molar-refractivity contribution in [3.8, 4) is 0 Å². The van der Waals surface area contributed by atoms with Crippen LogP contribution in [-0.4, -0.2) is 21.9 Å². The van der Waals surface area contributed by atoms with E-state index in [1.165, 1.54) is 28.9 Å². The predicted molar refractivity (Wildman–Crippen MR) is 114 cm³/mol. The summed E-state index contributed by atoms with van der Waals surface area (Å²) in [5.74, 6) is -0.400. The van der Waals surface area contributed by atoms with E-state index < -0.39 is 0 Å². The molecule has 0 atom stereocenters. The van der Waals surface area contributed by atoms with Crippen molar-refractivity contribution in [3.05, 3.63) is 64.7 Å². The fraction of sp³-hybridized carbons (Fsp3) is 0. The lowest BCUT2D eigenvalue weighted by Gasteiger charge is -2.08. The number of carbonyl (C=O) groups excluding carboxylic acids is 2. The lowest BCUT2D eigenvalue weighted by Crippen LogP contribution is -2.33. The number of hydrogen-bond acceptors (Lipinski definition) is 7. The van der Waals surface area contributed by atoms with E-state index in [2.05, 4.69) is 20.9 Å². The highest BCUT2D eigenvalue weighted by Gasteiger charge is 2.13. The highest BCUT2D eigenvalue weighted by atomic mass is 32.1. The van der Waals surface area contributed by atoms with Crippen LogP contribution in [0.15, 0.2) is 58.5 Å². The molecule has 10 heteroatoms. The molecule has 1 aromatic carbocycles. The Morgan fingerprint density at radius 2 is 1.96 bits per heavy atom. The summed E-state index contributed by atoms with van der Waals surface area (Å²) in [6.45, 7) is 0. The van der Waals surface area contributed by atoms with Gasteiger partial charge in [0.15, 0.2) is 16.0 Å². The lowest BCUT2D eigenvalue weighted by molar-refractivity contribution is 0.0978. The van der Waals surface area contributed by atoms with Crippen molar-refractivity contribution in [2.75, 3.05) is 10.6 Å². The van der Waals surface area contributed by atoms with Gasteiger partial charge in [-0.15, -0.1) is 11.3 Å². The monoisotopic (exact) mass is 428 g/mol. The average molecular weight is 429 g/mol. The Morgan fingerprint density at radius 3 is 2.71 bits per heavy atom. The zero-order valence-electron chi connectivity index (χ0n) is 14.1. The molecular weight excluding hydrogens is 416 g/mol. The summed E-state index contributed by atoms with van der Waals surface area (Å²) in [4.78, 5) is 29.1. The molecule has 0 saturated carbocycles. The van der Waals surface area contributed by atoms with E-state index in [9.17, 15) is 9.59 Å². The van der Waals surface area contributed by atoms with Crippen LogP contribution in [0, 0.1) is 0 Å². The molecule has 0 saturated heterocycles. The highest BCUT2D eigenvalue weighted by Crippen LogP contribution is 2.28. The van der Waals surface area contributed by atoms with Gasteiger partial charge in [0.25, 0.3) is 11.8 Å². The standard InChI is InChI=1S/C18H12N4O3S3/c23-15(12-3-1-7-25-12)22-18-20-11-6-5-10(9-14(11)28-18)19-17(26)21-16(24)13-4-2-8-27-13/h1-9H,(H,20,22,23)(H2,19,21,24,26). The van der Waals surface area contributed by atoms with Crippen LogP contribution in [0.4, 0.5) is 10.8 Å². The highest BCUT2D eigenvalue weighted by molar-refractivity contribution is 7.80. The van der Waals surface area contributed by atoms with Gasteiger partial charge in [-0.3, -0.25) is 20.2 Å². The first-order valence-electron chi connectivity index (χ1n) is 8.00. The van der Waals surface area contributed by atoms with E-state index in [4.69, 9.17) is 16.6 Å². The Kier molecular flexibility index (Phi) is 5.15. The van der Waals surface area contributed by atoms with Crippen LogP contribution >= 0.6 is 34.9 Å². The molecule has 0 spiro atoms. The number of hydrogen-bond donors (Lipinski definition) is 3. The smallest absolute Gasteiger partial charge is 0.293 e. The van der Waals surface area contributed by atoms with Gasteiger partial charge in [0.2, 0.25) is 0 Å². The molecule has 0 radical (unpaired) electrons. The lowest BCUT2D eigenvalue weighted by atomic mass is 10.3. The molecule has 4 rings (SSSR count). The first kappa shape index (κ1) is 18.3. The van der Waals surface area contributed by atoms with Crippen LogP contribution in [-0.2, 0) is 0 Å². The first-order chi connectivity index (χ1) is 13.6. The van der Waals surface area contributed by atoms with Crippen molar-refractivity contribution in [2.24, 2.45) is 0 Å². The molecular formula is C18H12N4O3S3. The third-order valence-corrected chi connectivity index (χ3v) is 5.59. The zero-order chi connectivity index (χ0) is 19.5. The zero-order valence-corrected chi connectivity index (χ0v) is 16.5. The number of fused-ring (bicyclic) bond motifs is 1. The maximum atomic E-state index is 12.1. The van der Waals surface area contributed by atoms with Crippen LogP contribution in [0.1, 0.15) is 20.2 Å². The summed E-state index contributed by atoms with van der Waals surface area (Å²) in [6.07, 6.45) is 1.44. The molecule has 140 valence electrons. The Labute approximate surface area is 172 Å². The van der Waals surface area contributed by atoms with E-state index in [1.807, 2.05) is 11.4 Å². The van der Waals surface area contributed by atoms with Gasteiger partial charge < -0.3 is 9.73 Å². The maximum absolute atomic E-state index is 12.1. The molecule has 0 fully saturated rings. The SMILES string of the molecule is O=C(Nc1nc2ccc(NC(=S)NC(=O)c3cccs3)cc2s1)c1ccco1. The van der Waals surface area contributed by atoms with Crippen molar-refractivity contribution in [2.45, 2.75) is 0 Å². The number of thiazole rings is 1. The average Bonchev–Trinajstić information content (AvgIpc) is 3.42. The molecule has 4 aromatic rings. The number of thiocarbonyl (C=S) groups is 1. The third kappa shape index (κ3) is 4.09. The molecule has 0 unspecified atom stereocenters. The minimum absolute atomic E-state index is 0.202. The topological polar surface area (TPSA) is 96.3 Å². The normalized spacial score (nSPS) is 10.6. The number of amides is 2. The summed E-state index contributed by atoms with van der Waals surface area (Å²) >= 11 is 7.86. The molecule has 3 aromatic heterocycles. The van der Waals surface area contributed by atoms with Crippen molar-refractivity contribution >= 4 is 72.9 Å². The van der Waals surface area contributed by atoms with Crippen molar-refractivity contribution < 1.29 is 14.0 Å². The second-order valence-electron chi connectivity index (χ2n) is 5.52. The maximum Gasteiger partial charge on any atom is 0.293 e. The van der Waals surface area contributed by atoms with Gasteiger partial charge in [-0.1, -0.05) is 17.4 Å². The van der Waals surface area contributed by atoms with Crippen LogP contribution in [0.25, 0.3) is 10.2 Å². The van der Waals surface area contributed by atoms with Crippen LogP contribution < -0.4 is 16.0 Å². The summed E-state index contributed by atoms with van der Waals surface area (Å²) in [5, 5.41) is 10.8. The third-order valence-electron chi connectivity index (χ3n) is 3.58. The molecule has 2 amide bonds. The summed E-state index contributed by atoms with van der Waals surface area (Å²) in [6, 6.07) is 12.2. The molecule has 0 aliphatic heterocycles. The second kappa shape index (κ2) is 7.89. The van der Waals surface area contributed by atoms with Crippen molar-refractivity contribution in [1.82, 2.24) is 10.3 Å². The molecule has 3 N–H and O–H groups in total. The van der Waals surface area contributed by atoms with Crippen LogP contribution in [0.5, 0.6) is 0 Å². The quantitative estimate of drug-likeness (QED) is 0.419. The van der Waals surface area contributed by atoms with E-state index in [0.717, 1.165) is 10.2 Å². The molecule has 3 heterocycles. The number of aromatic nitrogens is 1. The number of furan rings is 1. The fourth-order valence-electron chi connectivity index (χ4n) is 2.36. The summed E-state index contributed by atoms with van der Waals surface area (Å²) in [5.41, 5.74) is 1.44. The summed E-state index contributed by atoms with van der Waals surface area (Å²) in [7, 11) is 0. The van der Waals surface area contributed by atoms with Gasteiger partial charge in [0, 0.05) is 5.69 Å². The van der Waals surface area contributed by atoms with E-state index in [0.29, 0.717) is 15.7 Å². The van der Waals surface area contributed by atoms with Crippen molar-refractivity contribution in [3.63, 3.8) is 0 Å². The number of rotatable bonds is 4. The fourth-order valence-corrected chi connectivity index (χ4v) is 4.09. The number of nitrogens with one attached hydrogen (secondary N) is 3. The minimum Gasteiger partial charge on any atom is -0.459 e. The number of benzene rings is 1. The Balaban J connectivity index is 1.43. The second-order valence-corrected chi connectivity index (χ2v) is 7.91. The van der Waals surface area contributed by atoms with Crippen LogP contribution in [0.2, 0.25) is 0 Å². The number of carbonyl (C=O) groups is 2. The molecule has 0 aliphatic carbocycles. The summed E-state index contributed by atoms with van der Waals surface area (Å²) < 4.78 is 5.92. The Bertz CT molecular complexity index is 1150. The predicted octanol–water partition coefficient (Wildman–Crippen LogP) is 4.33. The number of anilines is 2. The van der Waals surface area contributed by atoms with E-state index in [-0.39, 0.29) is 22.7 Å². The van der Waals surface area contributed by atoms with Gasteiger partial charge in [0.05, 0.1) is 21.4 Å². The van der Waals surface area contributed by atoms with Gasteiger partial charge in [-0.25, -0.2) is 4.98 Å². The van der Waals surface area contributed by atoms with Gasteiger partial charge in [-0.2, -0.15) is 0 Å². The van der Waals surface area contributed by atoms with Crippen LogP contribution in [0.3, 0.4) is 0 Å². The number of nitrogens with zero attached hydrogens (tertiary/aromatic N) is 1. The van der Waals surface area contributed by atoms with E-state index in [1.54, 1.807) is 36.4 Å². The molecule has 7 nitrogen and oxygen atoms in total. The molecule has 28 heavy (non-hydrogen) atoms. The molecule has 0 aliphatic rings. The largest absolute Gasteiger partial charge is 0.459 e. The first-order valence-corrected chi connectivity index (χ1v) is 10.1. The molecule has 0 bridgehead atoms. The van der Waals surface area contributed by atoms with E-state index >= 15 is 0 Å². The number of thiophene rings is 1. The van der Waals surface area contributed by atoms with Gasteiger partial charge in [-0.05, 0) is 54.0 Å². The van der Waals surface area contributed by atoms with Gasteiger partial charge >= 0.3 is 0 Å². The Morgan fingerprint density at radius 1 is 1.07 bits per heavy atom. The van der Waals surface area contributed by atoms with Gasteiger partial charge in [0.1, 0.15) is 0 Å². The minimum atomic E-state index is -0.361. The van der Waals surface area contributed by atoms with Crippen molar-refractivity contribution in [1.29, 1.82) is 0 Å².